The number of H-pyrrole nitrogens is 1. The molecule has 0 saturated carbocycles. The quantitative estimate of drug-likeness (QED) is 0.810. The van der Waals surface area contributed by atoms with E-state index in [4.69, 9.17) is 0 Å². The number of hydrogen-bond donors (Lipinski definition) is 2. The summed E-state index contributed by atoms with van der Waals surface area (Å²) in [7, 11) is 0. The lowest BCUT2D eigenvalue weighted by Crippen LogP contribution is -2.23. The fraction of sp³-hybridized carbons (Fsp3) is 0.231. The predicted molar refractivity (Wildman–Crippen MR) is 73.4 cm³/mol. The zero-order valence-corrected chi connectivity index (χ0v) is 11.0. The van der Waals surface area contributed by atoms with E-state index in [9.17, 15) is 4.79 Å². The van der Waals surface area contributed by atoms with Crippen molar-refractivity contribution in [3.8, 4) is 0 Å². The Hall–Kier alpha value is -1.88. The number of aromatic nitrogens is 2. The van der Waals surface area contributed by atoms with Crippen molar-refractivity contribution < 1.29 is 4.79 Å². The summed E-state index contributed by atoms with van der Waals surface area (Å²) in [5.41, 5.74) is 0. The third-order valence-corrected chi connectivity index (χ3v) is 3.34. The van der Waals surface area contributed by atoms with Gasteiger partial charge in [-0.3, -0.25) is 4.79 Å². The van der Waals surface area contributed by atoms with Crippen molar-refractivity contribution in [2.75, 3.05) is 6.54 Å². The van der Waals surface area contributed by atoms with Gasteiger partial charge in [-0.1, -0.05) is 0 Å². The van der Waals surface area contributed by atoms with Crippen LogP contribution in [0, 0.1) is 6.92 Å². The van der Waals surface area contributed by atoms with Crippen molar-refractivity contribution in [3.63, 3.8) is 0 Å². The fourth-order valence-electron chi connectivity index (χ4n) is 1.50. The number of amides is 1. The fourth-order valence-corrected chi connectivity index (χ4v) is 2.28. The van der Waals surface area contributed by atoms with Gasteiger partial charge in [-0.2, -0.15) is 0 Å². The van der Waals surface area contributed by atoms with Gasteiger partial charge in [0.25, 0.3) is 0 Å². The highest BCUT2D eigenvalue weighted by Crippen LogP contribution is 2.16. The van der Waals surface area contributed by atoms with E-state index in [0.29, 0.717) is 13.0 Å². The molecule has 0 atom stereocenters. The summed E-state index contributed by atoms with van der Waals surface area (Å²) >= 11 is 1.67. The third-order valence-electron chi connectivity index (χ3n) is 2.38. The molecule has 0 saturated heterocycles. The molecule has 0 spiro atoms. The van der Waals surface area contributed by atoms with Crippen LogP contribution in [-0.4, -0.2) is 22.4 Å². The van der Waals surface area contributed by atoms with Crippen LogP contribution in [0.1, 0.15) is 15.6 Å². The molecule has 0 aliphatic heterocycles. The third kappa shape index (κ3) is 3.85. The number of rotatable bonds is 5. The smallest absolute Gasteiger partial charge is 0.244 e. The summed E-state index contributed by atoms with van der Waals surface area (Å²) in [6.07, 6.45) is 7.59. The molecule has 2 aromatic rings. The standard InChI is InChI=1S/C13H15N3OS/c1-10-2-3-11(18-10)4-5-13(17)16-7-6-12-14-8-9-15-12/h2-5,8-9H,6-7H2,1H3,(H,14,15)(H,16,17)/b5-4+. The maximum absolute atomic E-state index is 11.5. The number of nitrogens with one attached hydrogen (secondary N) is 2. The Bertz CT molecular complexity index is 528. The van der Waals surface area contributed by atoms with E-state index in [1.807, 2.05) is 25.1 Å². The minimum absolute atomic E-state index is 0.0763. The lowest BCUT2D eigenvalue weighted by atomic mass is 10.3. The Labute approximate surface area is 110 Å². The maximum atomic E-state index is 11.5. The number of aromatic amines is 1. The van der Waals surface area contributed by atoms with Crippen LogP contribution in [0.25, 0.3) is 6.08 Å². The van der Waals surface area contributed by atoms with Gasteiger partial charge in [-0.25, -0.2) is 4.98 Å². The molecule has 2 rings (SSSR count). The molecule has 4 nitrogen and oxygen atoms in total. The van der Waals surface area contributed by atoms with Gasteiger partial charge in [-0.05, 0) is 25.1 Å². The lowest BCUT2D eigenvalue weighted by molar-refractivity contribution is -0.116. The highest BCUT2D eigenvalue weighted by molar-refractivity contribution is 7.12. The molecule has 0 aromatic carbocycles. The van der Waals surface area contributed by atoms with Crippen LogP contribution in [0.2, 0.25) is 0 Å². The topological polar surface area (TPSA) is 57.8 Å². The average Bonchev–Trinajstić information content (AvgIpc) is 2.98. The maximum Gasteiger partial charge on any atom is 0.244 e. The van der Waals surface area contributed by atoms with E-state index in [-0.39, 0.29) is 5.91 Å². The van der Waals surface area contributed by atoms with Crippen molar-refractivity contribution >= 4 is 23.3 Å². The first-order valence-electron chi connectivity index (χ1n) is 5.74. The molecule has 94 valence electrons. The van der Waals surface area contributed by atoms with Gasteiger partial charge in [0.05, 0.1) is 0 Å². The first-order valence-corrected chi connectivity index (χ1v) is 6.56. The second-order valence-electron chi connectivity index (χ2n) is 3.86. The Balaban J connectivity index is 1.73. The number of nitrogens with zero attached hydrogens (tertiary/aromatic N) is 1. The molecule has 0 aliphatic carbocycles. The van der Waals surface area contributed by atoms with Crippen molar-refractivity contribution in [1.29, 1.82) is 0 Å². The monoisotopic (exact) mass is 261 g/mol. The molecule has 2 aromatic heterocycles. The van der Waals surface area contributed by atoms with Crippen LogP contribution in [-0.2, 0) is 11.2 Å². The molecule has 18 heavy (non-hydrogen) atoms. The molecule has 1 amide bonds. The highest BCUT2D eigenvalue weighted by Gasteiger charge is 1.98. The van der Waals surface area contributed by atoms with Crippen molar-refractivity contribution in [2.45, 2.75) is 13.3 Å². The van der Waals surface area contributed by atoms with Gasteiger partial charge in [0.1, 0.15) is 5.82 Å². The molecule has 2 heterocycles. The van der Waals surface area contributed by atoms with E-state index in [0.717, 1.165) is 10.7 Å². The van der Waals surface area contributed by atoms with Crippen LogP contribution in [0.3, 0.4) is 0 Å². The summed E-state index contributed by atoms with van der Waals surface area (Å²) in [6, 6.07) is 4.05. The Kier molecular flexibility index (Phi) is 4.30. The van der Waals surface area contributed by atoms with E-state index in [2.05, 4.69) is 15.3 Å². The van der Waals surface area contributed by atoms with Crippen molar-refractivity contribution in [1.82, 2.24) is 15.3 Å². The normalized spacial score (nSPS) is 10.9. The molecule has 0 aliphatic rings. The van der Waals surface area contributed by atoms with Gasteiger partial charge in [-0.15, -0.1) is 11.3 Å². The molecule has 0 fully saturated rings. The number of imidazole rings is 1. The number of aryl methyl sites for hydroxylation is 1. The lowest BCUT2D eigenvalue weighted by Gasteiger charge is -1.99. The van der Waals surface area contributed by atoms with Gasteiger partial charge in [0.2, 0.25) is 5.91 Å². The molecule has 0 radical (unpaired) electrons. The minimum Gasteiger partial charge on any atom is -0.352 e. The largest absolute Gasteiger partial charge is 0.352 e. The summed E-state index contributed by atoms with van der Waals surface area (Å²) in [5.74, 6) is 0.806. The Morgan fingerprint density at radius 2 is 2.44 bits per heavy atom. The number of thiophene rings is 1. The van der Waals surface area contributed by atoms with Crippen LogP contribution in [0.5, 0.6) is 0 Å². The first-order chi connectivity index (χ1) is 8.74. The highest BCUT2D eigenvalue weighted by atomic mass is 32.1. The van der Waals surface area contributed by atoms with E-state index >= 15 is 0 Å². The van der Waals surface area contributed by atoms with E-state index in [1.165, 1.54) is 4.88 Å². The molecule has 0 unspecified atom stereocenters. The van der Waals surface area contributed by atoms with Gasteiger partial charge in [0.15, 0.2) is 0 Å². The van der Waals surface area contributed by atoms with Gasteiger partial charge >= 0.3 is 0 Å². The first kappa shape index (κ1) is 12.6. The van der Waals surface area contributed by atoms with Crippen molar-refractivity contribution in [3.05, 3.63) is 46.2 Å². The van der Waals surface area contributed by atoms with Crippen LogP contribution in [0.4, 0.5) is 0 Å². The zero-order valence-electron chi connectivity index (χ0n) is 10.1. The predicted octanol–water partition coefficient (Wildman–Crippen LogP) is 2.15. The SMILES string of the molecule is Cc1ccc(/C=C/C(=O)NCCc2ncc[nH]2)s1. The Morgan fingerprint density at radius 1 is 1.56 bits per heavy atom. The number of carbonyl (C=O) groups is 1. The summed E-state index contributed by atoms with van der Waals surface area (Å²) in [6.45, 7) is 2.63. The van der Waals surface area contributed by atoms with Crippen LogP contribution < -0.4 is 5.32 Å². The number of hydrogen-bond acceptors (Lipinski definition) is 3. The average molecular weight is 261 g/mol. The molecular weight excluding hydrogens is 246 g/mol. The summed E-state index contributed by atoms with van der Waals surface area (Å²) in [4.78, 5) is 20.9. The second kappa shape index (κ2) is 6.16. The van der Waals surface area contributed by atoms with Crippen LogP contribution >= 0.6 is 11.3 Å². The van der Waals surface area contributed by atoms with E-state index < -0.39 is 0 Å². The van der Waals surface area contributed by atoms with E-state index in [1.54, 1.807) is 29.8 Å². The second-order valence-corrected chi connectivity index (χ2v) is 5.18. The van der Waals surface area contributed by atoms with Crippen LogP contribution in [0.15, 0.2) is 30.6 Å². The van der Waals surface area contributed by atoms with Gasteiger partial charge < -0.3 is 10.3 Å². The summed E-state index contributed by atoms with van der Waals surface area (Å²) in [5, 5.41) is 2.82. The van der Waals surface area contributed by atoms with Gasteiger partial charge in [0, 0.05) is 41.2 Å². The molecular formula is C13H15N3OS. The molecule has 2 N–H and O–H groups in total. The molecule has 5 heteroatoms. The minimum atomic E-state index is -0.0763. The zero-order chi connectivity index (χ0) is 12.8. The van der Waals surface area contributed by atoms with Crippen molar-refractivity contribution in [2.24, 2.45) is 0 Å². The number of carbonyl (C=O) groups excluding carboxylic acids is 1. The summed E-state index contributed by atoms with van der Waals surface area (Å²) < 4.78 is 0. The Morgan fingerprint density at radius 3 is 3.11 bits per heavy atom. The molecule has 0 bridgehead atoms.